The molecule has 8 bridgehead atoms. The number of Topliss-reactive ketones (excluding diaryl/α,β-unsaturated/α-hetero) is 1. The van der Waals surface area contributed by atoms with Crippen molar-refractivity contribution in [2.45, 2.75) is 71.6 Å². The minimum absolute atomic E-state index is 0.122. The number of ether oxygens (including phenoxy) is 2. The summed E-state index contributed by atoms with van der Waals surface area (Å²) in [6.45, 7) is 14.3. The highest BCUT2D eigenvalue weighted by Crippen LogP contribution is 2.48. The molecule has 45 heavy (non-hydrogen) atoms. The third-order valence-corrected chi connectivity index (χ3v) is 9.79. The summed E-state index contributed by atoms with van der Waals surface area (Å²) in [6, 6.07) is 6.07. The molecule has 3 aliphatic rings. The maximum absolute atomic E-state index is 14.1. The summed E-state index contributed by atoms with van der Waals surface area (Å²) in [5.74, 6) is -2.83. The molecule has 2 aliphatic heterocycles. The average molecular weight is 607 g/mol. The number of hydrogen-bond donors (Lipinski definition) is 2. The van der Waals surface area contributed by atoms with E-state index in [0.29, 0.717) is 28.8 Å². The predicted octanol–water partition coefficient (Wildman–Crippen LogP) is 7.21. The van der Waals surface area contributed by atoms with Crippen LogP contribution >= 0.6 is 0 Å². The van der Waals surface area contributed by atoms with Crippen LogP contribution in [0.4, 0.5) is 0 Å². The van der Waals surface area contributed by atoms with Crippen molar-refractivity contribution in [1.82, 2.24) is 19.9 Å². The zero-order chi connectivity index (χ0) is 32.3. The van der Waals surface area contributed by atoms with Gasteiger partial charge in [0.1, 0.15) is 5.92 Å². The fourth-order valence-corrected chi connectivity index (χ4v) is 7.19. The Balaban J connectivity index is 1.80. The number of carbonyl (C=O) groups is 3. The number of hydrogen-bond acceptors (Lipinski definition) is 7. The Kier molecular flexibility index (Phi) is 7.59. The molecule has 3 aromatic heterocycles. The van der Waals surface area contributed by atoms with Gasteiger partial charge in [-0.05, 0) is 74.1 Å². The molecule has 0 saturated carbocycles. The molecular weight excluding hydrogens is 568 g/mol. The number of aryl methyl sites for hydroxylation is 2. The second kappa shape index (κ2) is 11.3. The Morgan fingerprint density at radius 1 is 0.978 bits per heavy atom. The topological polar surface area (TPSA) is 127 Å². The van der Waals surface area contributed by atoms with Gasteiger partial charge in [-0.3, -0.25) is 19.4 Å². The van der Waals surface area contributed by atoms with E-state index < -0.39 is 11.9 Å². The molecule has 2 N–H and O–H groups in total. The van der Waals surface area contributed by atoms with Crippen LogP contribution in [0.25, 0.3) is 39.3 Å². The number of fused-ring (bicyclic) bond motifs is 8. The molecule has 3 aromatic rings. The number of H-pyrrole nitrogens is 2. The van der Waals surface area contributed by atoms with E-state index in [1.54, 1.807) is 0 Å². The standard InChI is InChI=1S/C36H38N4O5/c1-9-20-16(3)23-13-25-18(5)22(11-12-29(41)44-7)33(39-25)31-32(36(43)45-8)35(42)30-19(6)26(40-34(30)31)15-28-21(10-2)17(4)24(38-28)14-27(20)37-23/h9,13-15,18,22,32,37,40H,1,10-12H2,2-8H3/t18?,22-,32+/m0/s1. The van der Waals surface area contributed by atoms with Gasteiger partial charge in [0.25, 0.3) is 0 Å². The van der Waals surface area contributed by atoms with Crippen molar-refractivity contribution in [3.63, 3.8) is 0 Å². The number of methoxy groups -OCH3 is 2. The van der Waals surface area contributed by atoms with E-state index in [0.717, 1.165) is 67.9 Å². The Morgan fingerprint density at radius 2 is 1.69 bits per heavy atom. The maximum atomic E-state index is 14.1. The minimum Gasteiger partial charge on any atom is -0.469 e. The van der Waals surface area contributed by atoms with Crippen LogP contribution in [-0.2, 0) is 19.1 Å². The zero-order valence-corrected chi connectivity index (χ0v) is 26.8. The van der Waals surface area contributed by atoms with E-state index in [9.17, 15) is 14.4 Å². The fraction of sp³-hybridized carbons (Fsp3) is 0.361. The number of ketones is 1. The van der Waals surface area contributed by atoms with Crippen molar-refractivity contribution in [2.75, 3.05) is 14.2 Å². The summed E-state index contributed by atoms with van der Waals surface area (Å²) in [7, 11) is 2.66. The number of nitrogens with zero attached hydrogens (tertiary/aromatic N) is 2. The lowest BCUT2D eigenvalue weighted by Gasteiger charge is -2.18. The molecule has 6 rings (SSSR count). The summed E-state index contributed by atoms with van der Waals surface area (Å²) in [5.41, 5.74) is 12.1. The van der Waals surface area contributed by atoms with Crippen molar-refractivity contribution >= 4 is 57.0 Å². The molecule has 1 unspecified atom stereocenters. The molecule has 0 amide bonds. The third-order valence-electron chi connectivity index (χ3n) is 9.79. The first-order chi connectivity index (χ1) is 21.5. The molecule has 9 heteroatoms. The van der Waals surface area contributed by atoms with Crippen LogP contribution in [-0.4, -0.2) is 51.9 Å². The molecule has 0 aromatic carbocycles. The van der Waals surface area contributed by atoms with Crippen LogP contribution in [0.2, 0.25) is 0 Å². The van der Waals surface area contributed by atoms with Crippen LogP contribution in [0.3, 0.4) is 0 Å². The van der Waals surface area contributed by atoms with Crippen LogP contribution in [0, 0.1) is 13.8 Å². The summed E-state index contributed by atoms with van der Waals surface area (Å²) >= 11 is 0. The van der Waals surface area contributed by atoms with E-state index in [1.807, 2.05) is 32.1 Å². The normalized spacial score (nSPS) is 18.8. The second-order valence-corrected chi connectivity index (χ2v) is 12.0. The highest BCUT2D eigenvalue weighted by molar-refractivity contribution is 6.23. The molecule has 232 valence electrons. The zero-order valence-electron chi connectivity index (χ0n) is 26.8. The molecule has 0 fully saturated rings. The number of carbonyl (C=O) groups excluding carboxylic acids is 3. The van der Waals surface area contributed by atoms with Gasteiger partial charge in [0, 0.05) is 57.2 Å². The van der Waals surface area contributed by atoms with Crippen LogP contribution in [0.1, 0.15) is 113 Å². The summed E-state index contributed by atoms with van der Waals surface area (Å²) in [5, 5.41) is 0. The van der Waals surface area contributed by atoms with Gasteiger partial charge < -0.3 is 19.4 Å². The molecule has 1 aliphatic carbocycles. The maximum Gasteiger partial charge on any atom is 0.321 e. The minimum atomic E-state index is -1.16. The van der Waals surface area contributed by atoms with Crippen molar-refractivity contribution in [3.8, 4) is 0 Å². The van der Waals surface area contributed by atoms with E-state index in [2.05, 4.69) is 43.4 Å². The summed E-state index contributed by atoms with van der Waals surface area (Å²) in [6.07, 6.45) is 3.23. The van der Waals surface area contributed by atoms with Crippen molar-refractivity contribution < 1.29 is 23.9 Å². The van der Waals surface area contributed by atoms with Gasteiger partial charge in [-0.15, -0.1) is 0 Å². The van der Waals surface area contributed by atoms with Gasteiger partial charge in [-0.1, -0.05) is 26.5 Å². The number of rotatable bonds is 6. The lowest BCUT2D eigenvalue weighted by Crippen LogP contribution is -2.21. The smallest absolute Gasteiger partial charge is 0.321 e. The first kappa shape index (κ1) is 30.2. The first-order valence-corrected chi connectivity index (χ1v) is 15.3. The number of esters is 2. The Morgan fingerprint density at radius 3 is 2.36 bits per heavy atom. The largest absolute Gasteiger partial charge is 0.469 e. The van der Waals surface area contributed by atoms with E-state index in [4.69, 9.17) is 19.4 Å². The third kappa shape index (κ3) is 4.64. The number of aromatic nitrogens is 4. The van der Waals surface area contributed by atoms with Crippen molar-refractivity contribution in [2.24, 2.45) is 0 Å². The molecule has 3 atom stereocenters. The van der Waals surface area contributed by atoms with E-state index in [-0.39, 0.29) is 30.0 Å². The summed E-state index contributed by atoms with van der Waals surface area (Å²) < 4.78 is 10.1. The van der Waals surface area contributed by atoms with Crippen molar-refractivity contribution in [1.29, 1.82) is 0 Å². The average Bonchev–Trinajstić information content (AvgIpc) is 3.76. The Labute approximate surface area is 261 Å². The quantitative estimate of drug-likeness (QED) is 0.224. The Hall–Kier alpha value is -4.79. The monoisotopic (exact) mass is 606 g/mol. The first-order valence-electron chi connectivity index (χ1n) is 15.3. The highest BCUT2D eigenvalue weighted by Gasteiger charge is 2.45. The SMILES string of the molecule is C=Cc1c(C)c2cc3nc(c4c5[nH]c(cc6nc(cc1[nH]2)C(C)=C6CC)c(C)c5C(=O)[C@@H]4C(=O)OC)[C@@H](CCC(=O)OC)C3C. The molecular formula is C36H38N4O5. The summed E-state index contributed by atoms with van der Waals surface area (Å²) in [4.78, 5) is 56.9. The predicted molar refractivity (Wildman–Crippen MR) is 175 cm³/mol. The van der Waals surface area contributed by atoms with Gasteiger partial charge in [-0.25, -0.2) is 4.98 Å². The molecule has 5 heterocycles. The van der Waals surface area contributed by atoms with Gasteiger partial charge in [0.2, 0.25) is 0 Å². The van der Waals surface area contributed by atoms with Gasteiger partial charge >= 0.3 is 11.9 Å². The van der Waals surface area contributed by atoms with E-state index in [1.165, 1.54) is 14.2 Å². The van der Waals surface area contributed by atoms with Crippen LogP contribution < -0.4 is 0 Å². The number of aromatic amines is 2. The lowest BCUT2D eigenvalue weighted by molar-refractivity contribution is -0.142. The molecule has 9 nitrogen and oxygen atoms in total. The fourth-order valence-electron chi connectivity index (χ4n) is 7.19. The highest BCUT2D eigenvalue weighted by atomic mass is 16.5. The van der Waals surface area contributed by atoms with Gasteiger partial charge in [-0.2, -0.15) is 0 Å². The van der Waals surface area contributed by atoms with Gasteiger partial charge in [0.15, 0.2) is 5.78 Å². The second-order valence-electron chi connectivity index (χ2n) is 12.0. The molecule has 0 saturated heterocycles. The van der Waals surface area contributed by atoms with Crippen LogP contribution in [0.5, 0.6) is 0 Å². The van der Waals surface area contributed by atoms with E-state index >= 15 is 0 Å². The number of allylic oxidation sites excluding steroid dienone is 2. The van der Waals surface area contributed by atoms with Crippen LogP contribution in [0.15, 0.2) is 24.8 Å². The lowest BCUT2D eigenvalue weighted by atomic mass is 9.84. The molecule has 0 radical (unpaired) electrons. The Bertz CT molecular complexity index is 2010. The molecule has 0 spiro atoms. The van der Waals surface area contributed by atoms with Gasteiger partial charge in [0.05, 0.1) is 36.8 Å². The van der Waals surface area contributed by atoms with Crippen molar-refractivity contribution in [3.05, 3.63) is 75.4 Å². The number of nitrogens with one attached hydrogen (secondary N) is 2.